The number of aliphatic hydroxyl groups is 1. The smallest absolute Gasteiger partial charge is 0.181 e. The first-order valence-electron chi connectivity index (χ1n) is 16.0. The molecule has 9 nitrogen and oxygen atoms in total. The standard InChI is InChI=1S/C34H45N5O4/c1-23-29-13-16-38(19-25(29)9-12-31(23)42-21-32-24(2)35-22-43-32)20-28(40)10-11-30(41)26-17-33(36-27-7-6-8-27)37-34(18-26)39-14-4-3-5-15-39/h9,12,17-18,22,27-28,40H,3-8,10-11,13-16,19-21H2,1-2H3,(H,36,37)/t28-/m0/s1. The monoisotopic (exact) mass is 587 g/mol. The average Bonchev–Trinajstić information content (AvgIpc) is 3.42. The fourth-order valence-corrected chi connectivity index (χ4v) is 6.43. The number of nitrogens with zero attached hydrogens (tertiary/aromatic N) is 4. The molecule has 4 heterocycles. The van der Waals surface area contributed by atoms with Crippen LogP contribution in [0.3, 0.4) is 0 Å². The van der Waals surface area contributed by atoms with Gasteiger partial charge >= 0.3 is 0 Å². The van der Waals surface area contributed by atoms with Crippen LogP contribution in [-0.4, -0.2) is 64.1 Å². The molecule has 1 atom stereocenters. The number of β-amino-alcohol motifs (C(OH)–C–C–N with tert-alkyl or cyclic N) is 1. The van der Waals surface area contributed by atoms with Gasteiger partial charge in [-0.15, -0.1) is 0 Å². The zero-order chi connectivity index (χ0) is 29.8. The zero-order valence-electron chi connectivity index (χ0n) is 25.6. The van der Waals surface area contributed by atoms with E-state index in [0.717, 1.165) is 92.7 Å². The molecule has 1 saturated carbocycles. The molecule has 2 N–H and O–H groups in total. The molecule has 2 aliphatic heterocycles. The molecule has 0 spiro atoms. The number of oxazole rings is 1. The van der Waals surface area contributed by atoms with E-state index in [4.69, 9.17) is 14.1 Å². The lowest BCUT2D eigenvalue weighted by atomic mass is 9.93. The van der Waals surface area contributed by atoms with Gasteiger partial charge in [0.2, 0.25) is 0 Å². The van der Waals surface area contributed by atoms with Crippen molar-refractivity contribution in [1.82, 2.24) is 14.9 Å². The largest absolute Gasteiger partial charge is 0.485 e. The van der Waals surface area contributed by atoms with Crippen molar-refractivity contribution < 1.29 is 19.1 Å². The van der Waals surface area contributed by atoms with E-state index < -0.39 is 6.10 Å². The topological polar surface area (TPSA) is 104 Å². The quantitative estimate of drug-likeness (QED) is 0.262. The van der Waals surface area contributed by atoms with Crippen molar-refractivity contribution in [3.63, 3.8) is 0 Å². The molecule has 1 aromatic carbocycles. The number of fused-ring (bicyclic) bond motifs is 1. The summed E-state index contributed by atoms with van der Waals surface area (Å²) in [6.07, 6.45) is 9.69. The van der Waals surface area contributed by atoms with Crippen molar-refractivity contribution in [2.24, 2.45) is 0 Å². The van der Waals surface area contributed by atoms with Crippen LogP contribution in [0.2, 0.25) is 0 Å². The summed E-state index contributed by atoms with van der Waals surface area (Å²) in [5, 5.41) is 14.5. The second kappa shape index (κ2) is 13.5. The number of aryl methyl sites for hydroxylation is 1. The Labute approximate surface area is 254 Å². The van der Waals surface area contributed by atoms with Gasteiger partial charge in [0, 0.05) is 50.7 Å². The van der Waals surface area contributed by atoms with Gasteiger partial charge in [0.25, 0.3) is 0 Å². The van der Waals surface area contributed by atoms with Gasteiger partial charge in [-0.2, -0.15) is 0 Å². The fraction of sp³-hybridized carbons (Fsp3) is 0.559. The zero-order valence-corrected chi connectivity index (χ0v) is 25.6. The molecule has 9 heteroatoms. The molecule has 43 heavy (non-hydrogen) atoms. The van der Waals surface area contributed by atoms with Crippen molar-refractivity contribution in [3.05, 3.63) is 64.4 Å². The summed E-state index contributed by atoms with van der Waals surface area (Å²) in [4.78, 5) is 27.0. The van der Waals surface area contributed by atoms with E-state index in [0.29, 0.717) is 37.6 Å². The number of benzene rings is 1. The maximum atomic E-state index is 13.4. The second-order valence-corrected chi connectivity index (χ2v) is 12.5. The van der Waals surface area contributed by atoms with Crippen LogP contribution in [0.15, 0.2) is 35.1 Å². The first-order chi connectivity index (χ1) is 20.9. The van der Waals surface area contributed by atoms with Crippen molar-refractivity contribution in [2.45, 2.75) is 96.9 Å². The van der Waals surface area contributed by atoms with Crippen molar-refractivity contribution in [2.75, 3.05) is 36.4 Å². The second-order valence-electron chi connectivity index (χ2n) is 12.5. The van der Waals surface area contributed by atoms with Gasteiger partial charge in [0.15, 0.2) is 17.9 Å². The predicted molar refractivity (Wildman–Crippen MR) is 167 cm³/mol. The molecule has 6 rings (SSSR count). The summed E-state index contributed by atoms with van der Waals surface area (Å²) in [6.45, 7) is 8.56. The molecule has 0 unspecified atom stereocenters. The molecule has 2 fully saturated rings. The van der Waals surface area contributed by atoms with E-state index in [1.807, 2.05) is 25.1 Å². The Morgan fingerprint density at radius 2 is 1.98 bits per heavy atom. The number of anilines is 2. The number of aromatic nitrogens is 2. The van der Waals surface area contributed by atoms with Crippen LogP contribution < -0.4 is 15.0 Å². The number of ketones is 1. The Bertz CT molecular complexity index is 1410. The van der Waals surface area contributed by atoms with Crippen molar-refractivity contribution >= 4 is 17.4 Å². The van der Waals surface area contributed by atoms with Gasteiger partial charge < -0.3 is 24.5 Å². The molecule has 2 aromatic heterocycles. The molecule has 0 radical (unpaired) electrons. The van der Waals surface area contributed by atoms with E-state index >= 15 is 0 Å². The molecule has 3 aliphatic rings. The van der Waals surface area contributed by atoms with Crippen molar-refractivity contribution in [1.29, 1.82) is 0 Å². The summed E-state index contributed by atoms with van der Waals surface area (Å²) >= 11 is 0. The number of hydrogen-bond acceptors (Lipinski definition) is 9. The fourth-order valence-electron chi connectivity index (χ4n) is 6.43. The lowest BCUT2D eigenvalue weighted by Crippen LogP contribution is -2.37. The van der Waals surface area contributed by atoms with Crippen LogP contribution in [-0.2, 0) is 19.6 Å². The van der Waals surface area contributed by atoms with Crippen LogP contribution >= 0.6 is 0 Å². The summed E-state index contributed by atoms with van der Waals surface area (Å²) in [5.41, 5.74) is 5.29. The first-order valence-corrected chi connectivity index (χ1v) is 16.0. The van der Waals surface area contributed by atoms with Gasteiger partial charge in [-0.1, -0.05) is 6.07 Å². The summed E-state index contributed by atoms with van der Waals surface area (Å²) < 4.78 is 11.5. The predicted octanol–water partition coefficient (Wildman–Crippen LogP) is 5.60. The van der Waals surface area contributed by atoms with E-state index in [1.54, 1.807) is 0 Å². The van der Waals surface area contributed by atoms with Crippen LogP contribution in [0.5, 0.6) is 5.75 Å². The van der Waals surface area contributed by atoms with Crippen LogP contribution in [0.1, 0.15) is 89.9 Å². The minimum Gasteiger partial charge on any atom is -0.485 e. The summed E-state index contributed by atoms with van der Waals surface area (Å²) in [5.74, 6) is 3.39. The van der Waals surface area contributed by atoms with Gasteiger partial charge in [-0.3, -0.25) is 9.69 Å². The van der Waals surface area contributed by atoms with Crippen molar-refractivity contribution in [3.8, 4) is 5.75 Å². The maximum absolute atomic E-state index is 13.4. The highest BCUT2D eigenvalue weighted by Crippen LogP contribution is 2.31. The molecule has 1 aliphatic carbocycles. The molecular formula is C34H45N5O4. The third kappa shape index (κ3) is 7.21. The highest BCUT2D eigenvalue weighted by atomic mass is 16.5. The summed E-state index contributed by atoms with van der Waals surface area (Å²) in [6, 6.07) is 8.48. The molecule has 0 bridgehead atoms. The van der Waals surface area contributed by atoms with E-state index in [1.165, 1.54) is 30.4 Å². The average molecular weight is 588 g/mol. The van der Waals surface area contributed by atoms with Gasteiger partial charge in [-0.25, -0.2) is 9.97 Å². The number of hydrogen-bond donors (Lipinski definition) is 2. The van der Waals surface area contributed by atoms with Gasteiger partial charge in [0.1, 0.15) is 24.0 Å². The number of ether oxygens (including phenoxy) is 1. The first kappa shape index (κ1) is 29.6. The maximum Gasteiger partial charge on any atom is 0.181 e. The number of pyridine rings is 1. The van der Waals surface area contributed by atoms with E-state index in [9.17, 15) is 9.90 Å². The molecule has 0 amide bonds. The van der Waals surface area contributed by atoms with Gasteiger partial charge in [-0.05, 0) is 100 Å². The van der Waals surface area contributed by atoms with E-state index in [2.05, 4.69) is 33.1 Å². The lowest BCUT2D eigenvalue weighted by Gasteiger charge is -2.31. The number of carbonyl (C=O) groups is 1. The Hall–Kier alpha value is -3.43. The third-order valence-electron chi connectivity index (χ3n) is 9.37. The minimum atomic E-state index is -0.560. The summed E-state index contributed by atoms with van der Waals surface area (Å²) in [7, 11) is 0. The number of piperidine rings is 1. The van der Waals surface area contributed by atoms with Crippen LogP contribution in [0.25, 0.3) is 0 Å². The molecule has 3 aromatic rings. The lowest BCUT2D eigenvalue weighted by molar-refractivity contribution is 0.0836. The Kier molecular flexibility index (Phi) is 9.28. The third-order valence-corrected chi connectivity index (χ3v) is 9.37. The number of nitrogens with one attached hydrogen (secondary N) is 1. The van der Waals surface area contributed by atoms with Crippen LogP contribution in [0.4, 0.5) is 11.6 Å². The number of Topliss-reactive ketones (excluding diaryl/α,β-unsaturated/α-hetero) is 1. The van der Waals surface area contributed by atoms with Gasteiger partial charge in [0.05, 0.1) is 11.8 Å². The van der Waals surface area contributed by atoms with E-state index in [-0.39, 0.29) is 5.78 Å². The Morgan fingerprint density at radius 3 is 2.72 bits per heavy atom. The minimum absolute atomic E-state index is 0.0732. The molecule has 230 valence electrons. The molecular weight excluding hydrogens is 542 g/mol. The number of aliphatic hydroxyl groups excluding tert-OH is 1. The molecule has 1 saturated heterocycles. The highest BCUT2D eigenvalue weighted by Gasteiger charge is 2.24. The Morgan fingerprint density at radius 1 is 1.14 bits per heavy atom. The number of carbonyl (C=O) groups excluding carboxylic acids is 1. The SMILES string of the molecule is Cc1ncoc1COc1ccc2c(c1C)CCN(C[C@@H](O)CCC(=O)c1cc(NC3CCC3)nc(N3CCCCC3)c1)C2. The van der Waals surface area contributed by atoms with Crippen LogP contribution in [0, 0.1) is 13.8 Å². The Balaban J connectivity index is 1.03. The number of rotatable bonds is 12. The highest BCUT2D eigenvalue weighted by molar-refractivity contribution is 5.97. The normalized spacial score (nSPS) is 18.2.